The van der Waals surface area contributed by atoms with Gasteiger partial charge in [-0.15, -0.1) is 10.2 Å². The lowest BCUT2D eigenvalue weighted by Crippen LogP contribution is -2.53. The molecule has 0 spiro atoms. The SMILES string of the molecule is CC[C@H](C)[C@H](NC(=O)CCC(=O)O)C(=O)NCC(=O)N1C[C@H](Oc2ccccc2)C[C@H]1C(=O)NCc1nn[nH]n1. The number of aliphatic carboxylic acids is 1. The number of carboxylic acid groups (broad SMARTS) is 1. The van der Waals surface area contributed by atoms with Crippen molar-refractivity contribution < 1.29 is 33.8 Å². The summed E-state index contributed by atoms with van der Waals surface area (Å²) >= 11 is 0. The Morgan fingerprint density at radius 3 is 2.55 bits per heavy atom. The van der Waals surface area contributed by atoms with Crippen molar-refractivity contribution in [1.82, 2.24) is 41.5 Å². The van der Waals surface area contributed by atoms with Crippen LogP contribution in [0.5, 0.6) is 5.75 Å². The van der Waals surface area contributed by atoms with E-state index in [0.717, 1.165) is 0 Å². The molecule has 1 fully saturated rings. The molecule has 4 amide bonds. The lowest BCUT2D eigenvalue weighted by atomic mass is 9.98. The first-order valence-corrected chi connectivity index (χ1v) is 13.0. The fourth-order valence-electron chi connectivity index (χ4n) is 4.18. The number of nitrogens with one attached hydrogen (secondary N) is 4. The van der Waals surface area contributed by atoms with E-state index in [0.29, 0.717) is 12.2 Å². The maximum absolute atomic E-state index is 13.2. The number of hydrogen-bond donors (Lipinski definition) is 5. The number of ether oxygens (including phenoxy) is 1. The molecule has 1 aliphatic rings. The number of benzene rings is 1. The van der Waals surface area contributed by atoms with Crippen molar-refractivity contribution in [1.29, 1.82) is 0 Å². The number of aromatic nitrogens is 4. The predicted molar refractivity (Wildman–Crippen MR) is 138 cm³/mol. The molecular formula is C25H34N8O7. The number of carboxylic acids is 1. The van der Waals surface area contributed by atoms with Gasteiger partial charge >= 0.3 is 5.97 Å². The molecule has 1 aromatic heterocycles. The molecule has 1 aromatic carbocycles. The van der Waals surface area contributed by atoms with Crippen molar-refractivity contribution >= 4 is 29.6 Å². The van der Waals surface area contributed by atoms with Crippen LogP contribution in [-0.4, -0.2) is 91.5 Å². The monoisotopic (exact) mass is 558 g/mol. The van der Waals surface area contributed by atoms with Crippen LogP contribution in [0.1, 0.15) is 45.4 Å². The highest BCUT2D eigenvalue weighted by Gasteiger charge is 2.41. The number of H-pyrrole nitrogens is 1. The molecule has 1 aliphatic heterocycles. The number of nitrogens with zero attached hydrogens (tertiary/aromatic N) is 4. The summed E-state index contributed by atoms with van der Waals surface area (Å²) in [7, 11) is 0. The molecule has 2 aromatic rings. The number of carbonyl (C=O) groups is 5. The lowest BCUT2D eigenvalue weighted by Gasteiger charge is -2.26. The summed E-state index contributed by atoms with van der Waals surface area (Å²) in [4.78, 5) is 63.5. The number of para-hydroxylation sites is 1. The van der Waals surface area contributed by atoms with Crippen molar-refractivity contribution in [2.45, 2.75) is 64.3 Å². The Balaban J connectivity index is 1.64. The van der Waals surface area contributed by atoms with E-state index in [4.69, 9.17) is 9.84 Å². The van der Waals surface area contributed by atoms with E-state index in [-0.39, 0.29) is 44.1 Å². The van der Waals surface area contributed by atoms with Gasteiger partial charge in [0.1, 0.15) is 23.9 Å². The van der Waals surface area contributed by atoms with E-state index in [9.17, 15) is 24.0 Å². The van der Waals surface area contributed by atoms with Gasteiger partial charge in [-0.2, -0.15) is 5.21 Å². The van der Waals surface area contributed by atoms with Crippen molar-refractivity contribution in [2.75, 3.05) is 13.1 Å². The highest BCUT2D eigenvalue weighted by Crippen LogP contribution is 2.23. The summed E-state index contributed by atoms with van der Waals surface area (Å²) in [6, 6.07) is 7.19. The zero-order valence-electron chi connectivity index (χ0n) is 22.3. The van der Waals surface area contributed by atoms with Gasteiger partial charge in [0.25, 0.3) is 0 Å². The van der Waals surface area contributed by atoms with Crippen LogP contribution in [-0.2, 0) is 30.5 Å². The maximum atomic E-state index is 13.2. The van der Waals surface area contributed by atoms with Crippen LogP contribution in [0.4, 0.5) is 0 Å². The summed E-state index contributed by atoms with van der Waals surface area (Å²) in [5.41, 5.74) is 0. The van der Waals surface area contributed by atoms with Gasteiger partial charge < -0.3 is 30.7 Å². The minimum Gasteiger partial charge on any atom is -0.488 e. The molecule has 4 atom stereocenters. The maximum Gasteiger partial charge on any atom is 0.303 e. The Morgan fingerprint density at radius 2 is 1.90 bits per heavy atom. The van der Waals surface area contributed by atoms with Crippen LogP contribution in [0, 0.1) is 5.92 Å². The van der Waals surface area contributed by atoms with Gasteiger partial charge in [-0.3, -0.25) is 24.0 Å². The molecule has 2 heterocycles. The van der Waals surface area contributed by atoms with Gasteiger partial charge in [0, 0.05) is 12.8 Å². The molecule has 3 rings (SSSR count). The Morgan fingerprint density at radius 1 is 1.15 bits per heavy atom. The van der Waals surface area contributed by atoms with Crippen LogP contribution >= 0.6 is 0 Å². The second kappa shape index (κ2) is 14.6. The van der Waals surface area contributed by atoms with Crippen molar-refractivity contribution in [2.24, 2.45) is 5.92 Å². The predicted octanol–water partition coefficient (Wildman–Crippen LogP) is -0.624. The average Bonchev–Trinajstić information content (AvgIpc) is 3.62. The summed E-state index contributed by atoms with van der Waals surface area (Å²) < 4.78 is 5.99. The molecular weight excluding hydrogens is 524 g/mol. The Kier molecular flexibility index (Phi) is 10.9. The highest BCUT2D eigenvalue weighted by molar-refractivity contribution is 5.93. The minimum absolute atomic E-state index is 0.00692. The van der Waals surface area contributed by atoms with Crippen LogP contribution in [0.25, 0.3) is 0 Å². The number of amides is 4. The van der Waals surface area contributed by atoms with Gasteiger partial charge in [0.05, 0.1) is 26.1 Å². The van der Waals surface area contributed by atoms with Crippen LogP contribution in [0.2, 0.25) is 0 Å². The number of hydrogen-bond acceptors (Lipinski definition) is 9. The zero-order chi connectivity index (χ0) is 29.1. The molecule has 0 bridgehead atoms. The number of tetrazole rings is 1. The highest BCUT2D eigenvalue weighted by atomic mass is 16.5. The molecule has 15 nitrogen and oxygen atoms in total. The summed E-state index contributed by atoms with van der Waals surface area (Å²) in [5.74, 6) is -2.64. The Bertz CT molecular complexity index is 1160. The van der Waals surface area contributed by atoms with Gasteiger partial charge in [0.15, 0.2) is 5.82 Å². The fourth-order valence-corrected chi connectivity index (χ4v) is 4.18. The minimum atomic E-state index is -1.12. The quantitative estimate of drug-likeness (QED) is 0.198. The molecule has 0 aliphatic carbocycles. The molecule has 15 heteroatoms. The molecule has 216 valence electrons. The zero-order valence-corrected chi connectivity index (χ0v) is 22.3. The number of aromatic amines is 1. The number of rotatable bonds is 14. The molecule has 0 unspecified atom stereocenters. The third kappa shape index (κ3) is 8.74. The third-order valence-electron chi connectivity index (χ3n) is 6.53. The van der Waals surface area contributed by atoms with E-state index in [1.54, 1.807) is 19.1 Å². The van der Waals surface area contributed by atoms with E-state index >= 15 is 0 Å². The van der Waals surface area contributed by atoms with Gasteiger partial charge in [0.2, 0.25) is 23.6 Å². The van der Waals surface area contributed by atoms with E-state index in [1.807, 2.05) is 25.1 Å². The average molecular weight is 559 g/mol. The first-order valence-electron chi connectivity index (χ1n) is 13.0. The molecule has 5 N–H and O–H groups in total. The summed E-state index contributed by atoms with van der Waals surface area (Å²) in [6.45, 7) is 3.31. The Labute approximate surface area is 230 Å². The van der Waals surface area contributed by atoms with Gasteiger partial charge in [-0.1, -0.05) is 43.7 Å². The molecule has 0 radical (unpaired) electrons. The normalized spacial score (nSPS) is 17.9. The van der Waals surface area contributed by atoms with E-state index < -0.39 is 54.3 Å². The standard InChI is InChI=1S/C25H34N8O7/c1-3-15(2)23(28-20(34)9-10-22(36)37)25(39)27-13-21(35)33-14-17(40-16-7-5-4-6-8-16)11-18(33)24(38)26-12-19-29-31-32-30-19/h4-8,15,17-18,23H,3,9-14H2,1-2H3,(H,26,38)(H,27,39)(H,28,34)(H,36,37)(H,29,30,31,32)/t15-,17+,18-,23-/m0/s1. The van der Waals surface area contributed by atoms with Crippen LogP contribution < -0.4 is 20.7 Å². The first kappa shape index (κ1) is 30.0. The smallest absolute Gasteiger partial charge is 0.303 e. The third-order valence-corrected chi connectivity index (χ3v) is 6.53. The molecule has 1 saturated heterocycles. The van der Waals surface area contributed by atoms with E-state index in [2.05, 4.69) is 36.6 Å². The second-order valence-corrected chi connectivity index (χ2v) is 9.44. The van der Waals surface area contributed by atoms with E-state index in [1.165, 1.54) is 4.90 Å². The number of likely N-dealkylation sites (tertiary alicyclic amines) is 1. The largest absolute Gasteiger partial charge is 0.488 e. The summed E-state index contributed by atoms with van der Waals surface area (Å²) in [5, 5.41) is 29.9. The van der Waals surface area contributed by atoms with Crippen molar-refractivity contribution in [3.05, 3.63) is 36.2 Å². The first-order chi connectivity index (χ1) is 19.2. The van der Waals surface area contributed by atoms with Crippen LogP contribution in [0.15, 0.2) is 30.3 Å². The lowest BCUT2D eigenvalue weighted by molar-refractivity contribution is -0.140. The number of carbonyl (C=O) groups excluding carboxylic acids is 4. The van der Waals surface area contributed by atoms with Gasteiger partial charge in [-0.05, 0) is 18.1 Å². The second-order valence-electron chi connectivity index (χ2n) is 9.44. The van der Waals surface area contributed by atoms with Crippen LogP contribution in [0.3, 0.4) is 0 Å². The Hall–Kier alpha value is -4.56. The molecule has 40 heavy (non-hydrogen) atoms. The van der Waals surface area contributed by atoms with Crippen molar-refractivity contribution in [3.63, 3.8) is 0 Å². The fraction of sp³-hybridized carbons (Fsp3) is 0.520. The summed E-state index contributed by atoms with van der Waals surface area (Å²) in [6.07, 6.45) is -0.327. The van der Waals surface area contributed by atoms with Gasteiger partial charge in [-0.25, -0.2) is 0 Å². The molecule has 0 saturated carbocycles. The van der Waals surface area contributed by atoms with Crippen molar-refractivity contribution in [3.8, 4) is 5.75 Å². The topological polar surface area (TPSA) is 209 Å².